The highest BCUT2D eigenvalue weighted by atomic mass is 32.1. The highest BCUT2D eigenvalue weighted by molar-refractivity contribution is 7.10. The first-order valence-corrected chi connectivity index (χ1v) is 11.6. The molecule has 1 atom stereocenters. The van der Waals surface area contributed by atoms with E-state index in [1.165, 1.54) is 10.4 Å². The molecule has 0 fully saturated rings. The molecule has 1 aromatic heterocycles. The van der Waals surface area contributed by atoms with Crippen LogP contribution < -0.4 is 9.47 Å². The third kappa shape index (κ3) is 9.67. The number of rotatable bonds is 11. The number of benzene rings is 1. The van der Waals surface area contributed by atoms with Crippen LogP contribution in [0.4, 0.5) is 0 Å². The number of thiophene rings is 1. The summed E-state index contributed by atoms with van der Waals surface area (Å²) in [7, 11) is 3.42. The molecule has 7 nitrogen and oxygen atoms in total. The minimum atomic E-state index is -1.26. The lowest BCUT2D eigenvalue weighted by molar-refractivity contribution is -0.134. The molecular formula is C25H35NO6S. The number of nitrogens with zero attached hydrogens (tertiary/aromatic N) is 1. The minimum Gasteiger partial charge on any atom is -0.497 e. The van der Waals surface area contributed by atoms with Crippen LogP contribution in [0.3, 0.4) is 0 Å². The Labute approximate surface area is 200 Å². The molecular weight excluding hydrogens is 442 g/mol. The van der Waals surface area contributed by atoms with E-state index in [9.17, 15) is 9.59 Å². The van der Waals surface area contributed by atoms with Crippen molar-refractivity contribution in [1.82, 2.24) is 4.90 Å². The molecule has 8 heteroatoms. The van der Waals surface area contributed by atoms with Crippen LogP contribution in [-0.4, -0.2) is 59.9 Å². The van der Waals surface area contributed by atoms with Gasteiger partial charge in [-0.05, 0) is 58.2 Å². The highest BCUT2D eigenvalue weighted by Crippen LogP contribution is 2.38. The molecule has 1 unspecified atom stereocenters. The first-order valence-electron chi connectivity index (χ1n) is 10.8. The molecule has 33 heavy (non-hydrogen) atoms. The van der Waals surface area contributed by atoms with Gasteiger partial charge in [0.1, 0.15) is 11.5 Å². The summed E-state index contributed by atoms with van der Waals surface area (Å²) in [6.07, 6.45) is 2.18. The van der Waals surface area contributed by atoms with Crippen molar-refractivity contribution < 1.29 is 29.3 Å². The Hall–Kier alpha value is -2.84. The summed E-state index contributed by atoms with van der Waals surface area (Å²) in [6.45, 7) is 10.2. The Bertz CT molecular complexity index is 868. The van der Waals surface area contributed by atoms with Gasteiger partial charge in [0.25, 0.3) is 0 Å². The second kappa shape index (κ2) is 14.3. The average Bonchev–Trinajstić information content (AvgIpc) is 3.29. The van der Waals surface area contributed by atoms with E-state index in [0.717, 1.165) is 24.5 Å². The molecule has 0 spiro atoms. The molecule has 0 amide bonds. The van der Waals surface area contributed by atoms with E-state index in [4.69, 9.17) is 19.7 Å². The average molecular weight is 478 g/mol. The van der Waals surface area contributed by atoms with Crippen molar-refractivity contribution in [2.45, 2.75) is 52.1 Å². The molecule has 2 N–H and O–H groups in total. The van der Waals surface area contributed by atoms with Crippen molar-refractivity contribution in [2.24, 2.45) is 0 Å². The number of methoxy groups -OCH3 is 2. The maximum Gasteiger partial charge on any atom is 0.328 e. The van der Waals surface area contributed by atoms with Crippen molar-refractivity contribution >= 4 is 23.3 Å². The molecule has 0 aliphatic rings. The zero-order valence-corrected chi connectivity index (χ0v) is 21.0. The van der Waals surface area contributed by atoms with Crippen LogP contribution in [0.15, 0.2) is 47.9 Å². The second-order valence-electron chi connectivity index (χ2n) is 7.90. The fraction of sp³-hybridized carbons (Fsp3) is 0.440. The van der Waals surface area contributed by atoms with Crippen LogP contribution in [0.2, 0.25) is 0 Å². The summed E-state index contributed by atoms with van der Waals surface area (Å²) < 4.78 is 11.0. The third-order valence-corrected chi connectivity index (χ3v) is 6.06. The predicted molar refractivity (Wildman–Crippen MR) is 132 cm³/mol. The molecule has 182 valence electrons. The Morgan fingerprint density at radius 1 is 1.00 bits per heavy atom. The number of hydrogen-bond acceptors (Lipinski definition) is 6. The number of carboxylic acids is 2. The molecule has 2 aromatic rings. The first kappa shape index (κ1) is 28.2. The van der Waals surface area contributed by atoms with E-state index in [-0.39, 0.29) is 0 Å². The van der Waals surface area contributed by atoms with Crippen LogP contribution in [0.1, 0.15) is 50.5 Å². The van der Waals surface area contributed by atoms with E-state index in [1.54, 1.807) is 14.2 Å². The molecule has 0 saturated heterocycles. The van der Waals surface area contributed by atoms with Gasteiger partial charge in [-0.25, -0.2) is 9.59 Å². The molecule has 1 aromatic carbocycles. The first-order chi connectivity index (χ1) is 15.6. The zero-order chi connectivity index (χ0) is 25.0. The number of carbonyl (C=O) groups is 2. The summed E-state index contributed by atoms with van der Waals surface area (Å²) >= 11 is 1.82. The lowest BCUT2D eigenvalue weighted by Gasteiger charge is -2.32. The SMILES string of the molecule is COc1ccc(C(CCN(C(C)C)C(C)C)c2cccs2)c(OC)c1.O=C(O)C=CC(=O)O. The number of hydrogen-bond donors (Lipinski definition) is 2. The summed E-state index contributed by atoms with van der Waals surface area (Å²) in [4.78, 5) is 23.0. The number of carboxylic acid groups (broad SMARTS) is 2. The highest BCUT2D eigenvalue weighted by Gasteiger charge is 2.22. The number of aliphatic carboxylic acids is 2. The fourth-order valence-electron chi connectivity index (χ4n) is 3.58. The van der Waals surface area contributed by atoms with E-state index in [2.05, 4.69) is 56.2 Å². The van der Waals surface area contributed by atoms with Crippen molar-refractivity contribution in [3.63, 3.8) is 0 Å². The number of ether oxygens (including phenoxy) is 2. The molecule has 0 aliphatic carbocycles. The van der Waals surface area contributed by atoms with E-state index in [0.29, 0.717) is 30.2 Å². The van der Waals surface area contributed by atoms with Gasteiger partial charge in [0.05, 0.1) is 14.2 Å². The Morgan fingerprint density at radius 3 is 2.03 bits per heavy atom. The van der Waals surface area contributed by atoms with Gasteiger partial charge in [-0.15, -0.1) is 11.3 Å². The third-order valence-electron chi connectivity index (χ3n) is 5.07. The van der Waals surface area contributed by atoms with E-state index in [1.807, 2.05) is 23.5 Å². The van der Waals surface area contributed by atoms with Gasteiger partial charge in [-0.1, -0.05) is 12.1 Å². The molecule has 0 saturated carbocycles. The lowest BCUT2D eigenvalue weighted by atomic mass is 9.92. The van der Waals surface area contributed by atoms with Crippen LogP contribution in [0.25, 0.3) is 0 Å². The summed E-state index contributed by atoms with van der Waals surface area (Å²) in [6, 6.07) is 11.6. The van der Waals surface area contributed by atoms with E-state index >= 15 is 0 Å². The van der Waals surface area contributed by atoms with Crippen molar-refractivity contribution in [1.29, 1.82) is 0 Å². The normalized spacial score (nSPS) is 12.0. The largest absolute Gasteiger partial charge is 0.497 e. The molecule has 1 heterocycles. The fourth-order valence-corrected chi connectivity index (χ4v) is 4.46. The molecule has 0 radical (unpaired) electrons. The van der Waals surface area contributed by atoms with Crippen LogP contribution in [-0.2, 0) is 9.59 Å². The van der Waals surface area contributed by atoms with Gasteiger partial charge < -0.3 is 19.7 Å². The van der Waals surface area contributed by atoms with Gasteiger partial charge in [0, 0.05) is 46.7 Å². The molecule has 0 bridgehead atoms. The van der Waals surface area contributed by atoms with Gasteiger partial charge in [0.2, 0.25) is 0 Å². The topological polar surface area (TPSA) is 96.3 Å². The smallest absolute Gasteiger partial charge is 0.328 e. The minimum absolute atomic E-state index is 0.334. The second-order valence-corrected chi connectivity index (χ2v) is 8.88. The Morgan fingerprint density at radius 2 is 1.61 bits per heavy atom. The van der Waals surface area contributed by atoms with Gasteiger partial charge >= 0.3 is 11.9 Å². The van der Waals surface area contributed by atoms with Gasteiger partial charge in [0.15, 0.2) is 0 Å². The quantitative estimate of drug-likeness (QED) is 0.434. The predicted octanol–water partition coefficient (Wildman–Crippen LogP) is 5.12. The van der Waals surface area contributed by atoms with Crippen molar-refractivity contribution in [2.75, 3.05) is 20.8 Å². The summed E-state index contributed by atoms with van der Waals surface area (Å²) in [5.74, 6) is -0.449. The van der Waals surface area contributed by atoms with Crippen LogP contribution >= 0.6 is 11.3 Å². The lowest BCUT2D eigenvalue weighted by Crippen LogP contribution is -2.38. The molecule has 2 rings (SSSR count). The monoisotopic (exact) mass is 477 g/mol. The van der Waals surface area contributed by atoms with Crippen molar-refractivity contribution in [3.05, 3.63) is 58.3 Å². The van der Waals surface area contributed by atoms with Crippen LogP contribution in [0, 0.1) is 0 Å². The maximum absolute atomic E-state index is 9.55. The van der Waals surface area contributed by atoms with Crippen LogP contribution in [0.5, 0.6) is 11.5 Å². The summed E-state index contributed by atoms with van der Waals surface area (Å²) in [5, 5.41) is 17.8. The van der Waals surface area contributed by atoms with Gasteiger partial charge in [-0.2, -0.15) is 0 Å². The Balaban J connectivity index is 0.000000582. The standard InChI is InChI=1S/C21H31NO2S.C4H4O4/c1-15(2)22(16(3)4)12-11-19(21-8-7-13-25-21)18-10-9-17(23-5)14-20(18)24-6;5-3(6)1-2-4(7)8/h7-10,13-16,19H,11-12H2,1-6H3;1-2H,(H,5,6)(H,7,8). The van der Waals surface area contributed by atoms with Crippen molar-refractivity contribution in [3.8, 4) is 11.5 Å². The maximum atomic E-state index is 9.55. The Kier molecular flexibility index (Phi) is 12.2. The summed E-state index contributed by atoms with van der Waals surface area (Å²) in [5.41, 5.74) is 1.23. The molecule has 0 aliphatic heterocycles. The van der Waals surface area contributed by atoms with Gasteiger partial charge in [-0.3, -0.25) is 4.90 Å². The zero-order valence-electron chi connectivity index (χ0n) is 20.1. The van der Waals surface area contributed by atoms with E-state index < -0.39 is 11.9 Å².